The van der Waals surface area contributed by atoms with Crippen molar-refractivity contribution in [2.75, 3.05) is 23.8 Å². The molecule has 2 heterocycles. The Morgan fingerprint density at radius 2 is 1.93 bits per heavy atom. The van der Waals surface area contributed by atoms with Gasteiger partial charge in [-0.1, -0.05) is 35.5 Å². The molecule has 3 aromatic rings. The zero-order chi connectivity index (χ0) is 18.8. The van der Waals surface area contributed by atoms with E-state index in [1.54, 1.807) is 11.8 Å². The molecule has 0 amide bonds. The molecule has 0 bridgehead atoms. The van der Waals surface area contributed by atoms with Gasteiger partial charge in [0.1, 0.15) is 11.6 Å². The molecule has 1 aromatic heterocycles. The van der Waals surface area contributed by atoms with E-state index < -0.39 is 0 Å². The number of hydrogen-bond donors (Lipinski definition) is 1. The molecule has 1 atom stereocenters. The topological polar surface area (TPSA) is 41.1 Å². The van der Waals surface area contributed by atoms with Crippen molar-refractivity contribution in [2.45, 2.75) is 29.2 Å². The van der Waals surface area contributed by atoms with Gasteiger partial charge >= 0.3 is 0 Å². The Kier molecular flexibility index (Phi) is 5.23. The smallest absolute Gasteiger partial charge is 0.137 e. The van der Waals surface area contributed by atoms with Crippen LogP contribution in [0.15, 0.2) is 64.5 Å². The molecular formula is C21H21ClN4S. The average Bonchev–Trinajstić information content (AvgIpc) is 2.67. The Hall–Kier alpha value is -2.24. The van der Waals surface area contributed by atoms with E-state index in [-0.39, 0.29) is 6.04 Å². The molecule has 6 heteroatoms. The van der Waals surface area contributed by atoms with Gasteiger partial charge < -0.3 is 10.2 Å². The number of aromatic nitrogens is 2. The van der Waals surface area contributed by atoms with Gasteiger partial charge in [0, 0.05) is 45.9 Å². The summed E-state index contributed by atoms with van der Waals surface area (Å²) >= 11 is 7.74. The number of fused-ring (bicyclic) bond motifs is 1. The maximum Gasteiger partial charge on any atom is 0.137 e. The van der Waals surface area contributed by atoms with E-state index >= 15 is 0 Å². The minimum Gasteiger partial charge on any atom is -0.377 e. The second-order valence-corrected chi connectivity index (χ2v) is 8.21. The summed E-state index contributed by atoms with van der Waals surface area (Å²) in [6, 6.07) is 16.5. The van der Waals surface area contributed by atoms with Gasteiger partial charge in [-0.25, -0.2) is 9.97 Å². The number of rotatable bonds is 4. The van der Waals surface area contributed by atoms with Crippen LogP contribution < -0.4 is 10.2 Å². The van der Waals surface area contributed by atoms with Crippen molar-refractivity contribution in [1.82, 2.24) is 9.97 Å². The Bertz CT molecular complexity index is 945. The molecule has 0 fully saturated rings. The van der Waals surface area contributed by atoms with Crippen molar-refractivity contribution < 1.29 is 0 Å². The lowest BCUT2D eigenvalue weighted by Gasteiger charge is -2.33. The SMILES string of the molecule is Cc1ncc2c(n1)N(C)CCC2Nc1ccccc1Sc1ccc(Cl)cc1. The summed E-state index contributed by atoms with van der Waals surface area (Å²) in [6.45, 7) is 2.90. The molecule has 4 rings (SSSR count). The third-order valence-corrected chi connectivity index (χ3v) is 6.00. The van der Waals surface area contributed by atoms with E-state index in [9.17, 15) is 0 Å². The lowest BCUT2D eigenvalue weighted by molar-refractivity contribution is 0.631. The normalized spacial score (nSPS) is 16.1. The van der Waals surface area contributed by atoms with Gasteiger partial charge in [-0.3, -0.25) is 0 Å². The van der Waals surface area contributed by atoms with Crippen LogP contribution in [-0.4, -0.2) is 23.6 Å². The minimum atomic E-state index is 0.198. The fourth-order valence-corrected chi connectivity index (χ4v) is 4.28. The van der Waals surface area contributed by atoms with Crippen molar-refractivity contribution in [3.63, 3.8) is 0 Å². The Morgan fingerprint density at radius 1 is 1.15 bits per heavy atom. The highest BCUT2D eigenvalue weighted by Gasteiger charge is 2.25. The predicted octanol–water partition coefficient (Wildman–Crippen LogP) is 5.58. The highest BCUT2D eigenvalue weighted by atomic mass is 35.5. The van der Waals surface area contributed by atoms with Crippen LogP contribution in [0.2, 0.25) is 5.02 Å². The number of para-hydroxylation sites is 1. The van der Waals surface area contributed by atoms with E-state index in [2.05, 4.69) is 51.5 Å². The van der Waals surface area contributed by atoms with Gasteiger partial charge in [-0.05, 0) is 49.7 Å². The number of anilines is 2. The van der Waals surface area contributed by atoms with E-state index in [1.807, 2.05) is 37.4 Å². The molecule has 1 aliphatic heterocycles. The number of benzene rings is 2. The molecular weight excluding hydrogens is 376 g/mol. The van der Waals surface area contributed by atoms with Gasteiger partial charge in [-0.15, -0.1) is 0 Å². The van der Waals surface area contributed by atoms with Crippen LogP contribution >= 0.6 is 23.4 Å². The number of hydrogen-bond acceptors (Lipinski definition) is 5. The predicted molar refractivity (Wildman–Crippen MR) is 113 cm³/mol. The molecule has 1 N–H and O–H groups in total. The van der Waals surface area contributed by atoms with Gasteiger partial charge in [0.2, 0.25) is 0 Å². The van der Waals surface area contributed by atoms with Crippen LogP contribution in [0.4, 0.5) is 11.5 Å². The molecule has 1 aliphatic rings. The maximum atomic E-state index is 6.01. The van der Waals surface area contributed by atoms with Crippen LogP contribution in [-0.2, 0) is 0 Å². The van der Waals surface area contributed by atoms with Crippen LogP contribution in [0, 0.1) is 6.92 Å². The molecule has 138 valence electrons. The summed E-state index contributed by atoms with van der Waals surface area (Å²) in [6.07, 6.45) is 2.97. The fourth-order valence-electron chi connectivity index (χ4n) is 3.25. The first kappa shape index (κ1) is 18.1. The number of nitrogens with one attached hydrogen (secondary N) is 1. The summed E-state index contributed by atoms with van der Waals surface area (Å²) in [5.74, 6) is 1.83. The maximum absolute atomic E-state index is 6.01. The molecule has 0 saturated heterocycles. The molecule has 4 nitrogen and oxygen atoms in total. The summed E-state index contributed by atoms with van der Waals surface area (Å²) in [4.78, 5) is 13.6. The quantitative estimate of drug-likeness (QED) is 0.623. The summed E-state index contributed by atoms with van der Waals surface area (Å²) in [5, 5.41) is 4.48. The van der Waals surface area contributed by atoms with Crippen LogP contribution in [0.1, 0.15) is 23.9 Å². The molecule has 2 aromatic carbocycles. The number of aryl methyl sites for hydroxylation is 1. The Morgan fingerprint density at radius 3 is 2.74 bits per heavy atom. The lowest BCUT2D eigenvalue weighted by atomic mass is 10.0. The lowest BCUT2D eigenvalue weighted by Crippen LogP contribution is -2.31. The Labute approximate surface area is 169 Å². The third kappa shape index (κ3) is 4.04. The van der Waals surface area contributed by atoms with Crippen molar-refractivity contribution in [2.24, 2.45) is 0 Å². The third-order valence-electron chi connectivity index (χ3n) is 4.66. The molecule has 0 radical (unpaired) electrons. The minimum absolute atomic E-state index is 0.198. The van der Waals surface area contributed by atoms with Crippen molar-refractivity contribution >= 4 is 34.9 Å². The van der Waals surface area contributed by atoms with Crippen molar-refractivity contribution in [1.29, 1.82) is 0 Å². The fraction of sp³-hybridized carbons (Fsp3) is 0.238. The summed E-state index contributed by atoms with van der Waals surface area (Å²) in [7, 11) is 2.09. The second kappa shape index (κ2) is 7.79. The van der Waals surface area contributed by atoms with Crippen molar-refractivity contribution in [3.05, 3.63) is 71.1 Å². The van der Waals surface area contributed by atoms with E-state index in [4.69, 9.17) is 11.6 Å². The highest BCUT2D eigenvalue weighted by Crippen LogP contribution is 2.38. The first-order valence-electron chi connectivity index (χ1n) is 8.94. The average molecular weight is 397 g/mol. The number of nitrogens with zero attached hydrogens (tertiary/aromatic N) is 3. The van der Waals surface area contributed by atoms with Gasteiger partial charge in [0.25, 0.3) is 0 Å². The zero-order valence-electron chi connectivity index (χ0n) is 15.3. The summed E-state index contributed by atoms with van der Waals surface area (Å²) in [5.41, 5.74) is 2.28. The van der Waals surface area contributed by atoms with Crippen LogP contribution in [0.25, 0.3) is 0 Å². The first-order valence-corrected chi connectivity index (χ1v) is 10.1. The molecule has 0 aliphatic carbocycles. The van der Waals surface area contributed by atoms with Gasteiger partial charge in [0.15, 0.2) is 0 Å². The molecule has 1 unspecified atom stereocenters. The Balaban J connectivity index is 1.60. The first-order chi connectivity index (χ1) is 13.1. The van der Waals surface area contributed by atoms with Crippen LogP contribution in [0.3, 0.4) is 0 Å². The van der Waals surface area contributed by atoms with Crippen LogP contribution in [0.5, 0.6) is 0 Å². The van der Waals surface area contributed by atoms with E-state index in [0.717, 1.165) is 45.8 Å². The number of halogens is 1. The van der Waals surface area contributed by atoms with E-state index in [1.165, 1.54) is 4.90 Å². The van der Waals surface area contributed by atoms with Crippen molar-refractivity contribution in [3.8, 4) is 0 Å². The largest absolute Gasteiger partial charge is 0.377 e. The molecule has 0 saturated carbocycles. The summed E-state index contributed by atoms with van der Waals surface area (Å²) < 4.78 is 0. The molecule has 27 heavy (non-hydrogen) atoms. The highest BCUT2D eigenvalue weighted by molar-refractivity contribution is 7.99. The monoisotopic (exact) mass is 396 g/mol. The molecule has 0 spiro atoms. The van der Waals surface area contributed by atoms with Gasteiger partial charge in [0.05, 0.1) is 6.04 Å². The standard InChI is InChI=1S/C21H21ClN4S/c1-14-23-13-17-18(11-12-26(2)21(17)24-14)25-19-5-3-4-6-20(19)27-16-9-7-15(22)8-10-16/h3-10,13,18,25H,11-12H2,1-2H3. The van der Waals surface area contributed by atoms with E-state index in [0.29, 0.717) is 0 Å². The second-order valence-electron chi connectivity index (χ2n) is 6.66. The zero-order valence-corrected chi connectivity index (χ0v) is 16.9. The van der Waals surface area contributed by atoms with Gasteiger partial charge in [-0.2, -0.15) is 0 Å².